The molecule has 1 saturated heterocycles. The molecule has 0 radical (unpaired) electrons. The molecular weight excluding hydrogens is 330 g/mol. The summed E-state index contributed by atoms with van der Waals surface area (Å²) in [4.78, 5) is 26.2. The van der Waals surface area contributed by atoms with Gasteiger partial charge in [-0.3, -0.25) is 9.59 Å². The molecule has 1 aromatic heterocycles. The van der Waals surface area contributed by atoms with E-state index in [4.69, 9.17) is 0 Å². The summed E-state index contributed by atoms with van der Waals surface area (Å²) in [5.41, 5.74) is 1.34. The Labute approximate surface area is 152 Å². The van der Waals surface area contributed by atoms with Crippen LogP contribution in [0.2, 0.25) is 0 Å². The average Bonchev–Trinajstić information content (AvgIpc) is 3.18. The summed E-state index contributed by atoms with van der Waals surface area (Å²) in [6, 6.07) is 7.24. The lowest BCUT2D eigenvalue weighted by molar-refractivity contribution is -0.117. The molecule has 7 nitrogen and oxygen atoms in total. The predicted octanol–water partition coefficient (Wildman–Crippen LogP) is 2.06. The standard InChI is InChI=1S/C19H23N5O2/c25-18-9-5-11-23(18)15-7-4-6-14(12-15)19(26)20-13-17-22-21-16-8-2-1-3-10-24(16)17/h4,6-7,12H,1-3,5,8-11,13H2,(H,20,26). The van der Waals surface area contributed by atoms with E-state index in [9.17, 15) is 9.59 Å². The maximum absolute atomic E-state index is 12.6. The molecule has 26 heavy (non-hydrogen) atoms. The normalized spacial score (nSPS) is 17.1. The van der Waals surface area contributed by atoms with Crippen molar-refractivity contribution in [2.24, 2.45) is 0 Å². The molecule has 2 aromatic rings. The minimum absolute atomic E-state index is 0.119. The van der Waals surface area contributed by atoms with E-state index in [2.05, 4.69) is 20.1 Å². The molecule has 1 fully saturated rings. The summed E-state index contributed by atoms with van der Waals surface area (Å²) in [6.07, 6.45) is 5.87. The Hall–Kier alpha value is -2.70. The number of benzene rings is 1. The van der Waals surface area contributed by atoms with Crippen molar-refractivity contribution in [1.29, 1.82) is 0 Å². The smallest absolute Gasteiger partial charge is 0.251 e. The van der Waals surface area contributed by atoms with E-state index in [1.165, 1.54) is 6.42 Å². The van der Waals surface area contributed by atoms with Crippen molar-refractivity contribution < 1.29 is 9.59 Å². The first-order chi connectivity index (χ1) is 12.7. The lowest BCUT2D eigenvalue weighted by Crippen LogP contribution is -2.26. The number of rotatable bonds is 4. The Morgan fingerprint density at radius 2 is 2.00 bits per heavy atom. The van der Waals surface area contributed by atoms with Gasteiger partial charge in [-0.15, -0.1) is 10.2 Å². The van der Waals surface area contributed by atoms with E-state index in [0.717, 1.165) is 56.1 Å². The Morgan fingerprint density at radius 3 is 2.85 bits per heavy atom. The molecule has 7 heteroatoms. The second-order valence-corrected chi connectivity index (χ2v) is 6.88. The SMILES string of the molecule is O=C(NCc1nnc2n1CCCCC2)c1cccc(N2CCCC2=O)c1. The zero-order chi connectivity index (χ0) is 17.9. The maximum Gasteiger partial charge on any atom is 0.251 e. The van der Waals surface area contributed by atoms with E-state index in [0.29, 0.717) is 18.5 Å². The van der Waals surface area contributed by atoms with E-state index >= 15 is 0 Å². The van der Waals surface area contributed by atoms with E-state index < -0.39 is 0 Å². The summed E-state index contributed by atoms with van der Waals surface area (Å²) >= 11 is 0. The highest BCUT2D eigenvalue weighted by molar-refractivity contribution is 5.99. The molecule has 136 valence electrons. The Balaban J connectivity index is 1.44. The fourth-order valence-electron chi connectivity index (χ4n) is 3.67. The van der Waals surface area contributed by atoms with Crippen LogP contribution in [0.5, 0.6) is 0 Å². The van der Waals surface area contributed by atoms with Crippen LogP contribution < -0.4 is 10.2 Å². The van der Waals surface area contributed by atoms with Crippen LogP contribution in [0, 0.1) is 0 Å². The number of aryl methyl sites for hydroxylation is 1. The van der Waals surface area contributed by atoms with Gasteiger partial charge in [0.2, 0.25) is 5.91 Å². The van der Waals surface area contributed by atoms with Gasteiger partial charge in [0, 0.05) is 37.2 Å². The van der Waals surface area contributed by atoms with Crippen LogP contribution in [-0.2, 0) is 24.3 Å². The molecule has 0 spiro atoms. The van der Waals surface area contributed by atoms with Crippen LogP contribution in [0.15, 0.2) is 24.3 Å². The van der Waals surface area contributed by atoms with Crippen LogP contribution in [-0.4, -0.2) is 33.1 Å². The van der Waals surface area contributed by atoms with Crippen LogP contribution in [0.4, 0.5) is 5.69 Å². The molecule has 0 atom stereocenters. The molecule has 0 unspecified atom stereocenters. The Morgan fingerprint density at radius 1 is 1.08 bits per heavy atom. The van der Waals surface area contributed by atoms with Gasteiger partial charge < -0.3 is 14.8 Å². The number of aromatic nitrogens is 3. The zero-order valence-corrected chi connectivity index (χ0v) is 14.8. The third kappa shape index (κ3) is 3.34. The summed E-state index contributed by atoms with van der Waals surface area (Å²) < 4.78 is 2.13. The first kappa shape index (κ1) is 16.8. The van der Waals surface area contributed by atoms with Crippen LogP contribution >= 0.6 is 0 Å². The fourth-order valence-corrected chi connectivity index (χ4v) is 3.67. The molecule has 0 bridgehead atoms. The molecule has 1 N–H and O–H groups in total. The highest BCUT2D eigenvalue weighted by atomic mass is 16.2. The number of hydrogen-bond acceptors (Lipinski definition) is 4. The fraction of sp³-hybridized carbons (Fsp3) is 0.474. The lowest BCUT2D eigenvalue weighted by atomic mass is 10.1. The summed E-state index contributed by atoms with van der Waals surface area (Å²) in [6.45, 7) is 1.99. The summed E-state index contributed by atoms with van der Waals surface area (Å²) in [7, 11) is 0. The third-order valence-corrected chi connectivity index (χ3v) is 5.09. The number of carbonyl (C=O) groups is 2. The molecule has 2 aliphatic heterocycles. The van der Waals surface area contributed by atoms with Gasteiger partial charge >= 0.3 is 0 Å². The minimum atomic E-state index is -0.163. The monoisotopic (exact) mass is 353 g/mol. The van der Waals surface area contributed by atoms with E-state index in [1.807, 2.05) is 12.1 Å². The number of carbonyl (C=O) groups excluding carboxylic acids is 2. The van der Waals surface area contributed by atoms with E-state index in [1.54, 1.807) is 17.0 Å². The van der Waals surface area contributed by atoms with Crippen LogP contribution in [0.3, 0.4) is 0 Å². The van der Waals surface area contributed by atoms with Gasteiger partial charge in [-0.2, -0.15) is 0 Å². The quantitative estimate of drug-likeness (QED) is 0.912. The van der Waals surface area contributed by atoms with Gasteiger partial charge in [0.25, 0.3) is 5.91 Å². The summed E-state index contributed by atoms with van der Waals surface area (Å²) in [5, 5.41) is 11.4. The Kier molecular flexibility index (Phi) is 4.69. The van der Waals surface area contributed by atoms with Crippen molar-refractivity contribution in [3.05, 3.63) is 41.5 Å². The minimum Gasteiger partial charge on any atom is -0.345 e. The van der Waals surface area contributed by atoms with E-state index in [-0.39, 0.29) is 11.8 Å². The van der Waals surface area contributed by atoms with Gasteiger partial charge in [0.1, 0.15) is 5.82 Å². The molecule has 2 amide bonds. The van der Waals surface area contributed by atoms with Gasteiger partial charge in [-0.05, 0) is 37.5 Å². The molecule has 1 aromatic carbocycles. The number of hydrogen-bond donors (Lipinski definition) is 1. The highest BCUT2D eigenvalue weighted by Crippen LogP contribution is 2.22. The second kappa shape index (κ2) is 7.27. The maximum atomic E-state index is 12.6. The average molecular weight is 353 g/mol. The second-order valence-electron chi connectivity index (χ2n) is 6.88. The topological polar surface area (TPSA) is 80.1 Å². The van der Waals surface area contributed by atoms with Crippen molar-refractivity contribution in [1.82, 2.24) is 20.1 Å². The summed E-state index contributed by atoms with van der Waals surface area (Å²) in [5.74, 6) is 1.78. The lowest BCUT2D eigenvalue weighted by Gasteiger charge is -2.16. The van der Waals surface area contributed by atoms with Crippen LogP contribution in [0.25, 0.3) is 0 Å². The predicted molar refractivity (Wildman–Crippen MR) is 96.8 cm³/mol. The molecule has 2 aliphatic rings. The molecular formula is C19H23N5O2. The third-order valence-electron chi connectivity index (χ3n) is 5.09. The van der Waals surface area contributed by atoms with Crippen LogP contribution in [0.1, 0.15) is 54.1 Å². The number of anilines is 1. The van der Waals surface area contributed by atoms with Crippen molar-refractivity contribution in [3.8, 4) is 0 Å². The van der Waals surface area contributed by atoms with Crippen molar-refractivity contribution in [3.63, 3.8) is 0 Å². The largest absolute Gasteiger partial charge is 0.345 e. The number of nitrogens with zero attached hydrogens (tertiary/aromatic N) is 4. The van der Waals surface area contributed by atoms with Gasteiger partial charge in [0.05, 0.1) is 6.54 Å². The van der Waals surface area contributed by atoms with Gasteiger partial charge in [-0.1, -0.05) is 12.5 Å². The molecule has 3 heterocycles. The molecule has 0 aliphatic carbocycles. The van der Waals surface area contributed by atoms with Gasteiger partial charge in [0.15, 0.2) is 5.82 Å². The highest BCUT2D eigenvalue weighted by Gasteiger charge is 2.22. The zero-order valence-electron chi connectivity index (χ0n) is 14.8. The number of fused-ring (bicyclic) bond motifs is 1. The van der Waals surface area contributed by atoms with Crippen molar-refractivity contribution in [2.45, 2.75) is 51.6 Å². The number of amides is 2. The van der Waals surface area contributed by atoms with Gasteiger partial charge in [-0.25, -0.2) is 0 Å². The van der Waals surface area contributed by atoms with Crippen molar-refractivity contribution >= 4 is 17.5 Å². The Bertz CT molecular complexity index is 829. The number of nitrogens with one attached hydrogen (secondary N) is 1. The van der Waals surface area contributed by atoms with Crippen molar-refractivity contribution in [2.75, 3.05) is 11.4 Å². The first-order valence-corrected chi connectivity index (χ1v) is 9.32. The molecule has 4 rings (SSSR count). The molecule has 0 saturated carbocycles. The first-order valence-electron chi connectivity index (χ1n) is 9.32.